The second-order valence-corrected chi connectivity index (χ2v) is 5.06. The largest absolute Gasteiger partial charge is 0.298 e. The number of hydrogen-bond acceptors (Lipinski definition) is 3. The van der Waals surface area contributed by atoms with Crippen molar-refractivity contribution in [1.29, 1.82) is 0 Å². The zero-order valence-electron chi connectivity index (χ0n) is 9.06. The maximum Gasteiger partial charge on any atom is 0.250 e. The molecule has 0 spiro atoms. The second kappa shape index (κ2) is 6.00. The van der Waals surface area contributed by atoms with Gasteiger partial charge in [0, 0.05) is 27.7 Å². The minimum Gasteiger partial charge on any atom is -0.298 e. The molecule has 0 bridgehead atoms. The Morgan fingerprint density at radius 1 is 1.39 bits per heavy atom. The van der Waals surface area contributed by atoms with Crippen LogP contribution < -0.4 is 5.32 Å². The highest BCUT2D eigenvalue weighted by molar-refractivity contribution is 7.13. The first kappa shape index (κ1) is 13.1. The molecular formula is C12H8Cl2N2OS. The molecule has 0 radical (unpaired) electrons. The van der Waals surface area contributed by atoms with E-state index in [1.165, 1.54) is 17.4 Å². The summed E-state index contributed by atoms with van der Waals surface area (Å²) < 4.78 is 0. The summed E-state index contributed by atoms with van der Waals surface area (Å²) in [5, 5.41) is 6.04. The molecule has 2 rings (SSSR count). The molecule has 1 heterocycles. The van der Waals surface area contributed by atoms with Gasteiger partial charge in [0.2, 0.25) is 5.91 Å². The second-order valence-electron chi connectivity index (χ2n) is 3.33. The molecule has 0 aliphatic heterocycles. The third-order valence-corrected chi connectivity index (χ3v) is 3.29. The number of carbonyl (C=O) groups is 1. The zero-order chi connectivity index (χ0) is 13.0. The van der Waals surface area contributed by atoms with Crippen LogP contribution in [0.1, 0.15) is 5.56 Å². The quantitative estimate of drug-likeness (QED) is 0.867. The van der Waals surface area contributed by atoms with Crippen LogP contribution in [0.25, 0.3) is 6.08 Å². The molecule has 0 saturated heterocycles. The monoisotopic (exact) mass is 298 g/mol. The lowest BCUT2D eigenvalue weighted by Gasteiger charge is -1.99. The van der Waals surface area contributed by atoms with Crippen LogP contribution in [0, 0.1) is 0 Å². The van der Waals surface area contributed by atoms with E-state index in [1.807, 2.05) is 0 Å². The maximum atomic E-state index is 11.6. The number of thiazole rings is 1. The maximum absolute atomic E-state index is 11.6. The van der Waals surface area contributed by atoms with Gasteiger partial charge >= 0.3 is 0 Å². The summed E-state index contributed by atoms with van der Waals surface area (Å²) >= 11 is 13.1. The van der Waals surface area contributed by atoms with Crippen molar-refractivity contribution < 1.29 is 4.79 Å². The van der Waals surface area contributed by atoms with Crippen LogP contribution in [-0.4, -0.2) is 10.9 Å². The highest BCUT2D eigenvalue weighted by Gasteiger charge is 2.01. The molecule has 0 saturated carbocycles. The molecule has 0 unspecified atom stereocenters. The number of amides is 1. The number of nitrogens with zero attached hydrogens (tertiary/aromatic N) is 1. The smallest absolute Gasteiger partial charge is 0.250 e. The Bertz CT molecular complexity index is 582. The number of aromatic nitrogens is 1. The van der Waals surface area contributed by atoms with Crippen LogP contribution in [-0.2, 0) is 4.79 Å². The number of hydrogen-bond donors (Lipinski definition) is 1. The van der Waals surface area contributed by atoms with E-state index >= 15 is 0 Å². The first-order valence-corrected chi connectivity index (χ1v) is 6.62. The van der Waals surface area contributed by atoms with Crippen LogP contribution in [0.3, 0.4) is 0 Å². The molecular weight excluding hydrogens is 291 g/mol. The molecule has 0 fully saturated rings. The van der Waals surface area contributed by atoms with E-state index in [-0.39, 0.29) is 5.91 Å². The van der Waals surface area contributed by atoms with E-state index in [1.54, 1.807) is 35.9 Å². The molecule has 6 heteroatoms. The van der Waals surface area contributed by atoms with Gasteiger partial charge in [0.1, 0.15) is 0 Å². The fraction of sp³-hybridized carbons (Fsp3) is 0. The molecule has 0 aliphatic carbocycles. The van der Waals surface area contributed by atoms with E-state index in [2.05, 4.69) is 10.3 Å². The number of carbonyl (C=O) groups excluding carboxylic acids is 1. The fourth-order valence-corrected chi connectivity index (χ4v) is 2.24. The third-order valence-electron chi connectivity index (χ3n) is 2.04. The molecule has 1 N–H and O–H groups in total. The lowest BCUT2D eigenvalue weighted by atomic mass is 10.2. The third kappa shape index (κ3) is 3.57. The van der Waals surface area contributed by atoms with E-state index in [0.717, 1.165) is 5.56 Å². The Kier molecular flexibility index (Phi) is 4.36. The molecule has 1 aromatic carbocycles. The van der Waals surface area contributed by atoms with Gasteiger partial charge in [-0.15, -0.1) is 11.3 Å². The van der Waals surface area contributed by atoms with Gasteiger partial charge < -0.3 is 0 Å². The van der Waals surface area contributed by atoms with Gasteiger partial charge in [-0.3, -0.25) is 10.1 Å². The number of halogens is 2. The van der Waals surface area contributed by atoms with E-state index in [9.17, 15) is 4.79 Å². The lowest BCUT2D eigenvalue weighted by Crippen LogP contribution is -2.07. The standard InChI is InChI=1S/C12H8Cl2N2OS/c13-9-3-1-8(10(14)7-9)2-4-11(17)16-12-15-5-6-18-12/h1-7H,(H,15,16,17)/b4-2-. The van der Waals surface area contributed by atoms with Gasteiger partial charge in [-0.2, -0.15) is 0 Å². The van der Waals surface area contributed by atoms with Gasteiger partial charge in [0.05, 0.1) is 0 Å². The Morgan fingerprint density at radius 2 is 2.22 bits per heavy atom. The van der Waals surface area contributed by atoms with Crippen molar-refractivity contribution in [3.8, 4) is 0 Å². The van der Waals surface area contributed by atoms with Gasteiger partial charge in [-0.1, -0.05) is 29.3 Å². The van der Waals surface area contributed by atoms with Crippen molar-refractivity contribution in [3.05, 3.63) is 51.5 Å². The van der Waals surface area contributed by atoms with Crippen LogP contribution in [0.2, 0.25) is 10.0 Å². The molecule has 1 aromatic heterocycles. The Balaban J connectivity index is 2.04. The summed E-state index contributed by atoms with van der Waals surface area (Å²) in [6.45, 7) is 0. The Morgan fingerprint density at radius 3 is 2.89 bits per heavy atom. The fourth-order valence-electron chi connectivity index (χ4n) is 1.23. The molecule has 0 aliphatic rings. The van der Waals surface area contributed by atoms with Crippen molar-refractivity contribution >= 4 is 51.7 Å². The lowest BCUT2D eigenvalue weighted by molar-refractivity contribution is -0.111. The summed E-state index contributed by atoms with van der Waals surface area (Å²) in [5.41, 5.74) is 0.732. The van der Waals surface area contributed by atoms with Crippen molar-refractivity contribution in [1.82, 2.24) is 4.98 Å². The average Bonchev–Trinajstić information content (AvgIpc) is 2.80. The van der Waals surface area contributed by atoms with E-state index < -0.39 is 0 Å². The molecule has 1 amide bonds. The van der Waals surface area contributed by atoms with Crippen LogP contribution in [0.15, 0.2) is 35.9 Å². The van der Waals surface area contributed by atoms with Crippen molar-refractivity contribution in [2.75, 3.05) is 5.32 Å². The SMILES string of the molecule is O=C(/C=C\c1ccc(Cl)cc1Cl)Nc1nccs1. The Hall–Kier alpha value is -1.36. The minimum atomic E-state index is -0.254. The predicted octanol–water partition coefficient (Wildman–Crippen LogP) is 4.10. The summed E-state index contributed by atoms with van der Waals surface area (Å²) in [7, 11) is 0. The van der Waals surface area contributed by atoms with Crippen LogP contribution in [0.4, 0.5) is 5.13 Å². The topological polar surface area (TPSA) is 42.0 Å². The van der Waals surface area contributed by atoms with Crippen molar-refractivity contribution in [2.45, 2.75) is 0 Å². The van der Waals surface area contributed by atoms with Crippen molar-refractivity contribution in [2.24, 2.45) is 0 Å². The summed E-state index contributed by atoms with van der Waals surface area (Å²) in [6, 6.07) is 5.09. The number of nitrogens with one attached hydrogen (secondary N) is 1. The predicted molar refractivity (Wildman–Crippen MR) is 76.2 cm³/mol. The highest BCUT2D eigenvalue weighted by atomic mass is 35.5. The molecule has 92 valence electrons. The van der Waals surface area contributed by atoms with Gasteiger partial charge in [0.25, 0.3) is 0 Å². The van der Waals surface area contributed by atoms with E-state index in [4.69, 9.17) is 23.2 Å². The number of benzene rings is 1. The minimum absolute atomic E-state index is 0.254. The number of rotatable bonds is 3. The normalized spacial score (nSPS) is 10.8. The van der Waals surface area contributed by atoms with Crippen molar-refractivity contribution in [3.63, 3.8) is 0 Å². The summed E-state index contributed by atoms with van der Waals surface area (Å²) in [5.74, 6) is -0.254. The zero-order valence-corrected chi connectivity index (χ0v) is 11.4. The highest BCUT2D eigenvalue weighted by Crippen LogP contribution is 2.22. The summed E-state index contributed by atoms with van der Waals surface area (Å²) in [6.07, 6.45) is 4.65. The first-order valence-electron chi connectivity index (χ1n) is 4.99. The Labute approximate surface area is 118 Å². The van der Waals surface area contributed by atoms with Gasteiger partial charge in [-0.25, -0.2) is 4.98 Å². The van der Waals surface area contributed by atoms with Gasteiger partial charge in [-0.05, 0) is 23.8 Å². The molecule has 0 atom stereocenters. The molecule has 2 aromatic rings. The summed E-state index contributed by atoms with van der Waals surface area (Å²) in [4.78, 5) is 15.5. The molecule has 18 heavy (non-hydrogen) atoms. The van der Waals surface area contributed by atoms with E-state index in [0.29, 0.717) is 15.2 Å². The van der Waals surface area contributed by atoms with Crippen LogP contribution in [0.5, 0.6) is 0 Å². The molecule has 3 nitrogen and oxygen atoms in total. The van der Waals surface area contributed by atoms with Crippen LogP contribution >= 0.6 is 34.5 Å². The number of anilines is 1. The first-order chi connectivity index (χ1) is 8.65. The average molecular weight is 299 g/mol. The van der Waals surface area contributed by atoms with Gasteiger partial charge in [0.15, 0.2) is 5.13 Å².